The topological polar surface area (TPSA) is 85.1 Å². The van der Waals surface area contributed by atoms with Gasteiger partial charge in [0.25, 0.3) is 0 Å². The minimum Gasteiger partial charge on any atom is -0.326 e. The van der Waals surface area contributed by atoms with E-state index in [9.17, 15) is 12.8 Å². The van der Waals surface area contributed by atoms with Gasteiger partial charge < -0.3 is 5.73 Å². The van der Waals surface area contributed by atoms with Gasteiger partial charge in [0.2, 0.25) is 10.0 Å². The molecule has 1 aromatic heterocycles. The van der Waals surface area contributed by atoms with Crippen molar-refractivity contribution in [3.05, 3.63) is 24.3 Å². The molecule has 96 valence electrons. The molecule has 0 aliphatic rings. The lowest BCUT2D eigenvalue weighted by atomic mass is 9.99. The van der Waals surface area contributed by atoms with E-state index in [1.54, 1.807) is 20.8 Å². The van der Waals surface area contributed by atoms with E-state index in [0.29, 0.717) is 0 Å². The lowest BCUT2D eigenvalue weighted by molar-refractivity contribution is 0.387. The van der Waals surface area contributed by atoms with Crippen LogP contribution in [-0.2, 0) is 10.0 Å². The van der Waals surface area contributed by atoms with E-state index in [4.69, 9.17) is 5.73 Å². The fraction of sp³-hybridized carbons (Fsp3) is 0.500. The molecule has 17 heavy (non-hydrogen) atoms. The number of sulfonamides is 1. The van der Waals surface area contributed by atoms with E-state index < -0.39 is 27.4 Å². The third-order valence-electron chi connectivity index (χ3n) is 2.53. The van der Waals surface area contributed by atoms with Gasteiger partial charge in [-0.25, -0.2) is 17.5 Å². The largest absolute Gasteiger partial charge is 0.326 e. The first kappa shape index (κ1) is 14.0. The van der Waals surface area contributed by atoms with Crippen LogP contribution in [0.5, 0.6) is 0 Å². The molecule has 1 rings (SSSR count). The van der Waals surface area contributed by atoms with Crippen LogP contribution in [0.1, 0.15) is 20.8 Å². The fourth-order valence-corrected chi connectivity index (χ4v) is 2.50. The van der Waals surface area contributed by atoms with Gasteiger partial charge in [-0.15, -0.1) is 0 Å². The van der Waals surface area contributed by atoms with Crippen LogP contribution in [0.4, 0.5) is 4.39 Å². The molecule has 1 heterocycles. The van der Waals surface area contributed by atoms with Gasteiger partial charge in [0, 0.05) is 17.8 Å². The Labute approximate surface area is 100 Å². The summed E-state index contributed by atoms with van der Waals surface area (Å²) in [7, 11) is -3.82. The van der Waals surface area contributed by atoms with Gasteiger partial charge in [0.15, 0.2) is 0 Å². The predicted octanol–water partition coefficient (Wildman–Crippen LogP) is 0.625. The molecule has 0 aliphatic heterocycles. The molecule has 5 nitrogen and oxygen atoms in total. The second-order valence-corrected chi connectivity index (χ2v) is 6.14. The summed E-state index contributed by atoms with van der Waals surface area (Å²) in [6.45, 7) is 5.00. The molecule has 0 bridgehead atoms. The Kier molecular flexibility index (Phi) is 3.85. The van der Waals surface area contributed by atoms with Crippen LogP contribution in [-0.4, -0.2) is 25.0 Å². The Morgan fingerprint density at radius 1 is 1.47 bits per heavy atom. The lowest BCUT2D eigenvalue weighted by Gasteiger charge is -2.29. The van der Waals surface area contributed by atoms with Gasteiger partial charge >= 0.3 is 0 Å². The summed E-state index contributed by atoms with van der Waals surface area (Å²) in [5.41, 5.74) is 4.84. The Bertz CT molecular complexity index is 500. The molecular formula is C10H16FN3O2S. The van der Waals surface area contributed by atoms with E-state index in [1.807, 2.05) is 0 Å². The van der Waals surface area contributed by atoms with Crippen molar-refractivity contribution < 1.29 is 12.8 Å². The summed E-state index contributed by atoms with van der Waals surface area (Å²) in [5.74, 6) is -0.702. The van der Waals surface area contributed by atoms with Crippen molar-refractivity contribution in [3.63, 3.8) is 0 Å². The van der Waals surface area contributed by atoms with E-state index in [1.165, 1.54) is 0 Å². The highest BCUT2D eigenvalue weighted by molar-refractivity contribution is 7.89. The molecule has 0 saturated carbocycles. The summed E-state index contributed by atoms with van der Waals surface area (Å²) in [5, 5.41) is 0. The zero-order valence-electron chi connectivity index (χ0n) is 9.94. The average molecular weight is 261 g/mol. The number of hydrogen-bond donors (Lipinski definition) is 2. The standard InChI is InChI=1S/C10H16FN3O2S/c1-7(12)10(2,3)14-17(15,16)9-4-8(11)5-13-6-9/h4-7,14H,12H2,1-3H3. The van der Waals surface area contributed by atoms with Crippen LogP contribution >= 0.6 is 0 Å². The number of aromatic nitrogens is 1. The molecule has 1 unspecified atom stereocenters. The number of rotatable bonds is 4. The first-order valence-corrected chi connectivity index (χ1v) is 6.53. The van der Waals surface area contributed by atoms with Crippen LogP contribution < -0.4 is 10.5 Å². The first-order chi connectivity index (χ1) is 7.65. The second kappa shape index (κ2) is 4.67. The molecule has 1 aromatic rings. The summed E-state index contributed by atoms with van der Waals surface area (Å²) >= 11 is 0. The molecular weight excluding hydrogens is 245 g/mol. The maximum atomic E-state index is 12.9. The predicted molar refractivity (Wildman–Crippen MR) is 62.2 cm³/mol. The summed E-state index contributed by atoms with van der Waals surface area (Å²) in [4.78, 5) is 3.28. The second-order valence-electron chi connectivity index (χ2n) is 4.45. The van der Waals surface area contributed by atoms with Gasteiger partial charge in [0.1, 0.15) is 10.7 Å². The van der Waals surface area contributed by atoms with Gasteiger partial charge in [-0.05, 0) is 26.8 Å². The van der Waals surface area contributed by atoms with Crippen molar-refractivity contribution in [1.29, 1.82) is 0 Å². The number of nitrogens with zero attached hydrogens (tertiary/aromatic N) is 1. The van der Waals surface area contributed by atoms with Crippen molar-refractivity contribution in [1.82, 2.24) is 9.71 Å². The Balaban J connectivity index is 3.06. The summed E-state index contributed by atoms with van der Waals surface area (Å²) in [6, 6.07) is 0.519. The highest BCUT2D eigenvalue weighted by atomic mass is 32.2. The molecule has 0 radical (unpaired) electrons. The van der Waals surface area contributed by atoms with Crippen LogP contribution in [0.25, 0.3) is 0 Å². The molecule has 0 spiro atoms. The number of hydrogen-bond acceptors (Lipinski definition) is 4. The Morgan fingerprint density at radius 2 is 2.06 bits per heavy atom. The molecule has 0 saturated heterocycles. The van der Waals surface area contributed by atoms with Crippen LogP contribution in [0, 0.1) is 5.82 Å². The number of halogens is 1. The van der Waals surface area contributed by atoms with E-state index in [2.05, 4.69) is 9.71 Å². The third-order valence-corrected chi connectivity index (χ3v) is 4.16. The highest BCUT2D eigenvalue weighted by Gasteiger charge is 2.29. The molecule has 0 aliphatic carbocycles. The quantitative estimate of drug-likeness (QED) is 0.832. The minimum atomic E-state index is -3.82. The van der Waals surface area contributed by atoms with Crippen molar-refractivity contribution in [3.8, 4) is 0 Å². The lowest BCUT2D eigenvalue weighted by Crippen LogP contribution is -2.54. The van der Waals surface area contributed by atoms with Gasteiger partial charge in [-0.2, -0.15) is 0 Å². The molecule has 0 aromatic carbocycles. The Morgan fingerprint density at radius 3 is 2.53 bits per heavy atom. The van der Waals surface area contributed by atoms with E-state index in [0.717, 1.165) is 18.5 Å². The van der Waals surface area contributed by atoms with Crippen molar-refractivity contribution >= 4 is 10.0 Å². The summed E-state index contributed by atoms with van der Waals surface area (Å²) < 4.78 is 39.2. The average Bonchev–Trinajstić information content (AvgIpc) is 2.15. The van der Waals surface area contributed by atoms with Gasteiger partial charge in [0.05, 0.1) is 6.20 Å². The molecule has 0 amide bonds. The summed E-state index contributed by atoms with van der Waals surface area (Å²) in [6.07, 6.45) is 2.03. The number of nitrogens with two attached hydrogens (primary N) is 1. The maximum Gasteiger partial charge on any atom is 0.242 e. The van der Waals surface area contributed by atoms with E-state index in [-0.39, 0.29) is 4.90 Å². The maximum absolute atomic E-state index is 12.9. The van der Waals surface area contributed by atoms with Crippen LogP contribution in [0.2, 0.25) is 0 Å². The molecule has 1 atom stereocenters. The molecule has 3 N–H and O–H groups in total. The Hall–Kier alpha value is -1.05. The van der Waals surface area contributed by atoms with Gasteiger partial charge in [-0.3, -0.25) is 4.98 Å². The monoisotopic (exact) mass is 261 g/mol. The van der Waals surface area contributed by atoms with Crippen molar-refractivity contribution in [2.24, 2.45) is 5.73 Å². The van der Waals surface area contributed by atoms with Crippen molar-refractivity contribution in [2.45, 2.75) is 37.2 Å². The highest BCUT2D eigenvalue weighted by Crippen LogP contribution is 2.14. The zero-order chi connectivity index (χ0) is 13.3. The number of pyridine rings is 1. The fourth-order valence-electron chi connectivity index (χ4n) is 1.04. The number of nitrogens with one attached hydrogen (secondary N) is 1. The van der Waals surface area contributed by atoms with Crippen LogP contribution in [0.15, 0.2) is 23.4 Å². The third kappa shape index (κ3) is 3.45. The molecule has 0 fully saturated rings. The van der Waals surface area contributed by atoms with E-state index >= 15 is 0 Å². The molecule has 7 heteroatoms. The van der Waals surface area contributed by atoms with Crippen LogP contribution in [0.3, 0.4) is 0 Å². The first-order valence-electron chi connectivity index (χ1n) is 5.05. The van der Waals surface area contributed by atoms with Gasteiger partial charge in [-0.1, -0.05) is 0 Å². The normalized spacial score (nSPS) is 14.6. The smallest absolute Gasteiger partial charge is 0.242 e. The SMILES string of the molecule is CC(N)C(C)(C)NS(=O)(=O)c1cncc(F)c1. The van der Waals surface area contributed by atoms with Crippen molar-refractivity contribution in [2.75, 3.05) is 0 Å². The zero-order valence-corrected chi connectivity index (χ0v) is 10.8. The minimum absolute atomic E-state index is 0.216.